The fourth-order valence-corrected chi connectivity index (χ4v) is 4.77. The Balaban J connectivity index is 1.57. The van der Waals surface area contributed by atoms with E-state index in [-0.39, 0.29) is 17.5 Å². The molecule has 0 amide bonds. The number of fused-ring (bicyclic) bond motifs is 1. The lowest BCUT2D eigenvalue weighted by Crippen LogP contribution is -2.48. The Morgan fingerprint density at radius 1 is 1.07 bits per heavy atom. The van der Waals surface area contributed by atoms with Crippen LogP contribution >= 0.6 is 0 Å². The zero-order valence-electron chi connectivity index (χ0n) is 14.7. The van der Waals surface area contributed by atoms with E-state index in [1.54, 1.807) is 29.2 Å². The number of carbonyl (C=O) groups is 1. The minimum absolute atomic E-state index is 0.196. The average Bonchev–Trinajstić information content (AvgIpc) is 2.98. The van der Waals surface area contributed by atoms with Gasteiger partial charge in [0.1, 0.15) is 17.5 Å². The first-order valence-electron chi connectivity index (χ1n) is 8.98. The minimum atomic E-state index is -3.71. The van der Waals surface area contributed by atoms with E-state index >= 15 is 0 Å². The van der Waals surface area contributed by atoms with E-state index in [0.29, 0.717) is 24.4 Å². The SMILES string of the molecule is O=C(OCc1ccccc1)[C@H]1CCCCN1C1=NS(=O)(=O)c2ccccc21. The summed E-state index contributed by atoms with van der Waals surface area (Å²) in [5, 5.41) is 0. The average molecular weight is 384 g/mol. The lowest BCUT2D eigenvalue weighted by atomic mass is 10.0. The molecule has 140 valence electrons. The molecule has 1 atom stereocenters. The van der Waals surface area contributed by atoms with Gasteiger partial charge >= 0.3 is 5.97 Å². The van der Waals surface area contributed by atoms with Gasteiger partial charge in [0.25, 0.3) is 10.0 Å². The van der Waals surface area contributed by atoms with Gasteiger partial charge in [-0.2, -0.15) is 8.42 Å². The second kappa shape index (κ2) is 7.15. The summed E-state index contributed by atoms with van der Waals surface area (Å²) in [4.78, 5) is 14.7. The molecule has 0 spiro atoms. The molecule has 0 saturated carbocycles. The van der Waals surface area contributed by atoms with Gasteiger partial charge in [0.15, 0.2) is 5.84 Å². The van der Waals surface area contributed by atoms with Gasteiger partial charge in [-0.25, -0.2) is 4.79 Å². The van der Waals surface area contributed by atoms with Crippen LogP contribution in [-0.2, 0) is 26.2 Å². The molecule has 6 nitrogen and oxygen atoms in total. The van der Waals surface area contributed by atoms with E-state index in [1.165, 1.54) is 0 Å². The van der Waals surface area contributed by atoms with Gasteiger partial charge in [-0.3, -0.25) is 0 Å². The van der Waals surface area contributed by atoms with Crippen molar-refractivity contribution in [2.24, 2.45) is 4.40 Å². The van der Waals surface area contributed by atoms with Gasteiger partial charge in [0.2, 0.25) is 0 Å². The van der Waals surface area contributed by atoms with Crippen molar-refractivity contribution >= 4 is 21.8 Å². The van der Waals surface area contributed by atoms with Crippen molar-refractivity contribution < 1.29 is 17.9 Å². The van der Waals surface area contributed by atoms with Crippen LogP contribution < -0.4 is 0 Å². The number of likely N-dealkylation sites (tertiary alicyclic amines) is 1. The van der Waals surface area contributed by atoms with Crippen molar-refractivity contribution in [2.45, 2.75) is 36.8 Å². The van der Waals surface area contributed by atoms with Crippen LogP contribution in [0.25, 0.3) is 0 Å². The lowest BCUT2D eigenvalue weighted by Gasteiger charge is -2.35. The largest absolute Gasteiger partial charge is 0.459 e. The molecule has 2 aliphatic rings. The molecule has 2 aromatic carbocycles. The first kappa shape index (κ1) is 17.7. The molecule has 2 aromatic rings. The van der Waals surface area contributed by atoms with Crippen molar-refractivity contribution in [1.29, 1.82) is 0 Å². The number of hydrogen-bond donors (Lipinski definition) is 0. The summed E-state index contributed by atoms with van der Waals surface area (Å²) < 4.78 is 34.2. The summed E-state index contributed by atoms with van der Waals surface area (Å²) in [6, 6.07) is 15.7. The summed E-state index contributed by atoms with van der Waals surface area (Å²) >= 11 is 0. The summed E-state index contributed by atoms with van der Waals surface area (Å²) in [5.74, 6) is 0.00925. The lowest BCUT2D eigenvalue weighted by molar-refractivity contribution is -0.150. The number of rotatable bonds is 3. The highest BCUT2D eigenvalue weighted by Gasteiger charge is 2.38. The fourth-order valence-electron chi connectivity index (χ4n) is 3.55. The fraction of sp³-hybridized carbons (Fsp3) is 0.300. The number of piperidine rings is 1. The summed E-state index contributed by atoms with van der Waals surface area (Å²) in [7, 11) is -3.71. The molecule has 0 N–H and O–H groups in total. The molecular formula is C20H20N2O4S. The van der Waals surface area contributed by atoms with Crippen LogP contribution in [0, 0.1) is 0 Å². The van der Waals surface area contributed by atoms with Crippen LogP contribution in [0.5, 0.6) is 0 Å². The normalized spacial score (nSPS) is 20.7. The predicted molar refractivity (Wildman–Crippen MR) is 101 cm³/mol. The Morgan fingerprint density at radius 2 is 1.81 bits per heavy atom. The number of nitrogens with zero attached hydrogens (tertiary/aromatic N) is 2. The number of carbonyl (C=O) groups excluding carboxylic acids is 1. The third kappa shape index (κ3) is 3.47. The number of ether oxygens (including phenoxy) is 1. The molecular weight excluding hydrogens is 364 g/mol. The monoisotopic (exact) mass is 384 g/mol. The second-order valence-corrected chi connectivity index (χ2v) is 8.26. The Hall–Kier alpha value is -2.67. The third-order valence-corrected chi connectivity index (χ3v) is 6.21. The van der Waals surface area contributed by atoms with Crippen LogP contribution in [0.1, 0.15) is 30.4 Å². The molecule has 0 aromatic heterocycles. The molecule has 0 radical (unpaired) electrons. The highest BCUT2D eigenvalue weighted by Crippen LogP contribution is 2.31. The van der Waals surface area contributed by atoms with E-state index in [2.05, 4.69) is 4.40 Å². The van der Waals surface area contributed by atoms with Gasteiger partial charge < -0.3 is 9.64 Å². The molecule has 27 heavy (non-hydrogen) atoms. The number of amidine groups is 1. The molecule has 0 aliphatic carbocycles. The second-order valence-electron chi connectivity index (χ2n) is 6.68. The predicted octanol–water partition coefficient (Wildman–Crippen LogP) is 2.73. The Morgan fingerprint density at radius 3 is 2.63 bits per heavy atom. The zero-order chi connectivity index (χ0) is 18.9. The highest BCUT2D eigenvalue weighted by atomic mass is 32.2. The minimum Gasteiger partial charge on any atom is -0.459 e. The maximum Gasteiger partial charge on any atom is 0.329 e. The van der Waals surface area contributed by atoms with Crippen molar-refractivity contribution in [1.82, 2.24) is 4.90 Å². The molecule has 2 heterocycles. The van der Waals surface area contributed by atoms with Crippen molar-refractivity contribution in [2.75, 3.05) is 6.54 Å². The standard InChI is InChI=1S/C20H20N2O4S/c23-20(26-14-15-8-2-1-3-9-15)17-11-6-7-13-22(17)19-16-10-4-5-12-18(16)27(24,25)21-19/h1-5,8-10,12,17H,6-7,11,13-14H2/t17-/m1/s1. The molecule has 0 unspecified atom stereocenters. The van der Waals surface area contributed by atoms with E-state index < -0.39 is 16.1 Å². The van der Waals surface area contributed by atoms with Crippen LogP contribution in [0.15, 0.2) is 63.9 Å². The van der Waals surface area contributed by atoms with Gasteiger partial charge in [-0.05, 0) is 37.0 Å². The van der Waals surface area contributed by atoms with E-state index in [4.69, 9.17) is 4.74 Å². The quantitative estimate of drug-likeness (QED) is 0.761. The van der Waals surface area contributed by atoms with Gasteiger partial charge in [-0.15, -0.1) is 4.40 Å². The van der Waals surface area contributed by atoms with E-state index in [1.807, 2.05) is 30.3 Å². The molecule has 4 rings (SSSR count). The van der Waals surface area contributed by atoms with Gasteiger partial charge in [-0.1, -0.05) is 42.5 Å². The molecule has 7 heteroatoms. The molecule has 1 saturated heterocycles. The van der Waals surface area contributed by atoms with Crippen molar-refractivity contribution in [3.63, 3.8) is 0 Å². The van der Waals surface area contributed by atoms with Crippen molar-refractivity contribution in [3.8, 4) is 0 Å². The Kier molecular flexibility index (Phi) is 4.70. The zero-order valence-corrected chi connectivity index (χ0v) is 15.6. The number of benzene rings is 2. The summed E-state index contributed by atoms with van der Waals surface area (Å²) in [6.45, 7) is 0.777. The maximum absolute atomic E-state index is 12.7. The Labute approximate surface area is 158 Å². The van der Waals surface area contributed by atoms with E-state index in [9.17, 15) is 13.2 Å². The van der Waals surface area contributed by atoms with Crippen LogP contribution in [0.4, 0.5) is 0 Å². The number of hydrogen-bond acceptors (Lipinski definition) is 5. The molecule has 1 fully saturated rings. The molecule has 0 bridgehead atoms. The van der Waals surface area contributed by atoms with Gasteiger partial charge in [0.05, 0.1) is 0 Å². The topological polar surface area (TPSA) is 76.0 Å². The smallest absolute Gasteiger partial charge is 0.329 e. The van der Waals surface area contributed by atoms with Crippen molar-refractivity contribution in [3.05, 3.63) is 65.7 Å². The highest BCUT2D eigenvalue weighted by molar-refractivity contribution is 7.90. The molecule has 2 aliphatic heterocycles. The third-order valence-electron chi connectivity index (χ3n) is 4.88. The van der Waals surface area contributed by atoms with Crippen LogP contribution in [0.3, 0.4) is 0 Å². The number of sulfonamides is 1. The summed E-state index contributed by atoms with van der Waals surface area (Å²) in [6.07, 6.45) is 2.39. The first-order chi connectivity index (χ1) is 13.1. The number of esters is 1. The van der Waals surface area contributed by atoms with Gasteiger partial charge in [0, 0.05) is 12.1 Å². The van der Waals surface area contributed by atoms with E-state index in [0.717, 1.165) is 18.4 Å². The Bertz CT molecular complexity index is 986. The summed E-state index contributed by atoms with van der Waals surface area (Å²) in [5.41, 5.74) is 1.47. The van der Waals surface area contributed by atoms with Crippen LogP contribution in [-0.4, -0.2) is 37.7 Å². The maximum atomic E-state index is 12.7. The first-order valence-corrected chi connectivity index (χ1v) is 10.4. The van der Waals surface area contributed by atoms with Crippen LogP contribution in [0.2, 0.25) is 0 Å².